The smallest absolute Gasteiger partial charge is 0.192 e. The normalized spacial score (nSPS) is 20.5. The van der Waals surface area contributed by atoms with Crippen molar-refractivity contribution in [1.29, 1.82) is 0 Å². The van der Waals surface area contributed by atoms with Crippen molar-refractivity contribution in [1.82, 2.24) is 0 Å². The molecular formula is C20H19NO. The zero-order chi connectivity index (χ0) is 15.7. The zero-order valence-electron chi connectivity index (χ0n) is 12.8. The second kappa shape index (κ2) is 5.64. The maximum absolute atomic E-state index is 12.9. The molecule has 0 saturated carbocycles. The van der Waals surface area contributed by atoms with Gasteiger partial charge in [0.25, 0.3) is 0 Å². The quantitative estimate of drug-likeness (QED) is 0.848. The third-order valence-corrected chi connectivity index (χ3v) is 4.18. The van der Waals surface area contributed by atoms with E-state index in [4.69, 9.17) is 5.73 Å². The molecule has 0 radical (unpaired) electrons. The molecule has 2 aromatic rings. The number of hydrogen-bond donors (Lipinski definition) is 1. The van der Waals surface area contributed by atoms with Gasteiger partial charge in [0, 0.05) is 22.8 Å². The predicted molar refractivity (Wildman–Crippen MR) is 90.8 cm³/mol. The Hall–Kier alpha value is -2.61. The van der Waals surface area contributed by atoms with E-state index in [2.05, 4.69) is 19.1 Å². The summed E-state index contributed by atoms with van der Waals surface area (Å²) in [5.74, 6) is 0.0626. The van der Waals surface area contributed by atoms with Crippen LogP contribution in [0.25, 0.3) is 11.1 Å². The van der Waals surface area contributed by atoms with Crippen molar-refractivity contribution < 1.29 is 4.79 Å². The minimum absolute atomic E-state index is 0.00936. The first-order valence-electron chi connectivity index (χ1n) is 7.47. The Balaban J connectivity index is 2.29. The Kier molecular flexibility index (Phi) is 3.68. The van der Waals surface area contributed by atoms with Gasteiger partial charge in [0.15, 0.2) is 5.78 Å². The summed E-state index contributed by atoms with van der Waals surface area (Å²) < 4.78 is 0. The summed E-state index contributed by atoms with van der Waals surface area (Å²) in [4.78, 5) is 12.9. The fourth-order valence-electron chi connectivity index (χ4n) is 3.24. The highest BCUT2D eigenvalue weighted by Crippen LogP contribution is 2.44. The lowest BCUT2D eigenvalue weighted by molar-refractivity contribution is -0.110. The van der Waals surface area contributed by atoms with E-state index in [1.165, 1.54) is 0 Å². The standard InChI is InChI=1S/C20H19NO/c1-13-17(14(2)21)20(22)19(16-11-7-4-8-12-16)18(13)15-9-5-3-6-10-15/h3-13H,21H2,1-2H3/b17-14-. The summed E-state index contributed by atoms with van der Waals surface area (Å²) in [6.07, 6.45) is 0. The van der Waals surface area contributed by atoms with Gasteiger partial charge >= 0.3 is 0 Å². The molecule has 110 valence electrons. The highest BCUT2D eigenvalue weighted by atomic mass is 16.1. The van der Waals surface area contributed by atoms with Gasteiger partial charge < -0.3 is 5.73 Å². The number of rotatable bonds is 2. The van der Waals surface area contributed by atoms with Crippen molar-refractivity contribution in [3.05, 3.63) is 83.1 Å². The van der Waals surface area contributed by atoms with Gasteiger partial charge in [0.1, 0.15) is 0 Å². The third kappa shape index (κ3) is 2.27. The molecule has 1 unspecified atom stereocenters. The van der Waals surface area contributed by atoms with E-state index < -0.39 is 0 Å². The maximum Gasteiger partial charge on any atom is 0.192 e. The first-order chi connectivity index (χ1) is 10.6. The summed E-state index contributed by atoms with van der Waals surface area (Å²) in [6.45, 7) is 3.86. The highest BCUT2D eigenvalue weighted by Gasteiger charge is 2.36. The van der Waals surface area contributed by atoms with Crippen molar-refractivity contribution in [3.63, 3.8) is 0 Å². The van der Waals surface area contributed by atoms with Gasteiger partial charge in [-0.1, -0.05) is 67.6 Å². The molecule has 2 nitrogen and oxygen atoms in total. The molecule has 22 heavy (non-hydrogen) atoms. The molecule has 2 heteroatoms. The minimum atomic E-state index is 0.00936. The van der Waals surface area contributed by atoms with Crippen LogP contribution >= 0.6 is 0 Å². The number of ketones is 1. The molecule has 0 bridgehead atoms. The number of carbonyl (C=O) groups excluding carboxylic acids is 1. The topological polar surface area (TPSA) is 43.1 Å². The zero-order valence-corrected chi connectivity index (χ0v) is 12.8. The Morgan fingerprint density at radius 3 is 1.91 bits per heavy atom. The lowest BCUT2D eigenvalue weighted by atomic mass is 9.91. The van der Waals surface area contributed by atoms with Gasteiger partial charge in [0.05, 0.1) is 0 Å². The van der Waals surface area contributed by atoms with Gasteiger partial charge in [-0.15, -0.1) is 0 Å². The average molecular weight is 289 g/mol. The largest absolute Gasteiger partial charge is 0.402 e. The first kappa shape index (κ1) is 14.3. The van der Waals surface area contributed by atoms with E-state index in [9.17, 15) is 4.79 Å². The van der Waals surface area contributed by atoms with Crippen LogP contribution in [0.2, 0.25) is 0 Å². The molecule has 0 spiro atoms. The van der Waals surface area contributed by atoms with Crippen molar-refractivity contribution in [2.45, 2.75) is 13.8 Å². The van der Waals surface area contributed by atoms with E-state index in [1.807, 2.05) is 48.5 Å². The molecule has 2 aromatic carbocycles. The SMILES string of the molecule is C/C(N)=C1/C(=O)C(c2ccccc2)=C(c2ccccc2)C1C. The molecule has 0 heterocycles. The molecular weight excluding hydrogens is 270 g/mol. The number of hydrogen-bond acceptors (Lipinski definition) is 2. The summed E-state index contributed by atoms with van der Waals surface area (Å²) in [6, 6.07) is 19.9. The fourth-order valence-corrected chi connectivity index (χ4v) is 3.24. The summed E-state index contributed by atoms with van der Waals surface area (Å²) in [7, 11) is 0. The molecule has 0 fully saturated rings. The van der Waals surface area contributed by atoms with Crippen LogP contribution in [0.5, 0.6) is 0 Å². The van der Waals surface area contributed by atoms with E-state index in [0.717, 1.165) is 27.8 Å². The Bertz CT molecular complexity index is 766. The van der Waals surface area contributed by atoms with E-state index in [1.54, 1.807) is 6.92 Å². The lowest BCUT2D eigenvalue weighted by Crippen LogP contribution is -2.10. The Morgan fingerprint density at radius 1 is 0.909 bits per heavy atom. The molecule has 1 atom stereocenters. The first-order valence-corrected chi connectivity index (χ1v) is 7.47. The van der Waals surface area contributed by atoms with Crippen molar-refractivity contribution >= 4 is 16.9 Å². The van der Waals surface area contributed by atoms with Crippen molar-refractivity contribution in [2.24, 2.45) is 11.7 Å². The number of carbonyl (C=O) groups is 1. The maximum atomic E-state index is 12.9. The monoisotopic (exact) mass is 289 g/mol. The van der Waals surface area contributed by atoms with E-state index >= 15 is 0 Å². The molecule has 0 amide bonds. The molecule has 0 saturated heterocycles. The number of allylic oxidation sites excluding steroid dienone is 4. The van der Waals surface area contributed by atoms with E-state index in [-0.39, 0.29) is 11.7 Å². The van der Waals surface area contributed by atoms with Crippen LogP contribution in [0, 0.1) is 5.92 Å². The van der Waals surface area contributed by atoms with Crippen LogP contribution in [0.15, 0.2) is 71.9 Å². The molecule has 0 aliphatic heterocycles. The number of Topliss-reactive ketones (excluding diaryl/α,β-unsaturated/α-hetero) is 1. The Morgan fingerprint density at radius 2 is 1.41 bits per heavy atom. The summed E-state index contributed by atoms with van der Waals surface area (Å²) >= 11 is 0. The van der Waals surface area contributed by atoms with Gasteiger partial charge in [-0.05, 0) is 23.6 Å². The fraction of sp³-hybridized carbons (Fsp3) is 0.150. The van der Waals surface area contributed by atoms with Crippen LogP contribution in [0.4, 0.5) is 0 Å². The van der Waals surface area contributed by atoms with Crippen LogP contribution in [0.3, 0.4) is 0 Å². The second-order valence-corrected chi connectivity index (χ2v) is 5.67. The van der Waals surface area contributed by atoms with Crippen LogP contribution in [-0.2, 0) is 4.79 Å². The van der Waals surface area contributed by atoms with Gasteiger partial charge in [-0.2, -0.15) is 0 Å². The number of benzene rings is 2. The van der Waals surface area contributed by atoms with Crippen LogP contribution in [-0.4, -0.2) is 5.78 Å². The third-order valence-electron chi connectivity index (χ3n) is 4.18. The average Bonchev–Trinajstić information content (AvgIpc) is 2.80. The van der Waals surface area contributed by atoms with Gasteiger partial charge in [0.2, 0.25) is 0 Å². The molecule has 1 aliphatic rings. The minimum Gasteiger partial charge on any atom is -0.402 e. The van der Waals surface area contributed by atoms with Crippen molar-refractivity contribution in [2.75, 3.05) is 0 Å². The van der Waals surface area contributed by atoms with Crippen molar-refractivity contribution in [3.8, 4) is 0 Å². The Labute approximate surface area is 131 Å². The highest BCUT2D eigenvalue weighted by molar-refractivity contribution is 6.39. The van der Waals surface area contributed by atoms with E-state index in [0.29, 0.717) is 5.70 Å². The van der Waals surface area contributed by atoms with Gasteiger partial charge in [-0.25, -0.2) is 0 Å². The van der Waals surface area contributed by atoms with Gasteiger partial charge in [-0.3, -0.25) is 4.79 Å². The summed E-state index contributed by atoms with van der Waals surface area (Å²) in [5.41, 5.74) is 11.2. The lowest BCUT2D eigenvalue weighted by Gasteiger charge is -2.12. The van der Waals surface area contributed by atoms with Crippen LogP contribution in [0.1, 0.15) is 25.0 Å². The number of nitrogens with two attached hydrogens (primary N) is 1. The molecule has 3 rings (SSSR count). The summed E-state index contributed by atoms with van der Waals surface area (Å²) in [5, 5.41) is 0. The second-order valence-electron chi connectivity index (χ2n) is 5.67. The molecule has 2 N–H and O–H groups in total. The predicted octanol–water partition coefficient (Wildman–Crippen LogP) is 4.05. The molecule has 0 aromatic heterocycles. The molecule has 1 aliphatic carbocycles. The van der Waals surface area contributed by atoms with Crippen LogP contribution < -0.4 is 5.73 Å².